The van der Waals surface area contributed by atoms with E-state index in [0.717, 1.165) is 32.8 Å². The summed E-state index contributed by atoms with van der Waals surface area (Å²) in [6, 6.07) is 0. The zero-order chi connectivity index (χ0) is 9.52. The van der Waals surface area contributed by atoms with Gasteiger partial charge in [0.25, 0.3) is 0 Å². The van der Waals surface area contributed by atoms with E-state index in [1.165, 1.54) is 0 Å². The Morgan fingerprint density at radius 2 is 2.15 bits per heavy atom. The largest absolute Gasteiger partial charge is 0.464 e. The molecule has 1 heterocycles. The number of hydrogen-bond acceptors (Lipinski definition) is 4. The van der Waals surface area contributed by atoms with Crippen molar-refractivity contribution in [3.8, 4) is 0 Å². The van der Waals surface area contributed by atoms with E-state index in [1.807, 2.05) is 0 Å². The first-order valence-corrected chi connectivity index (χ1v) is 4.78. The molecule has 0 spiro atoms. The van der Waals surface area contributed by atoms with Gasteiger partial charge in [0.05, 0.1) is 13.2 Å². The van der Waals surface area contributed by atoms with Gasteiger partial charge in [-0.25, -0.2) is 0 Å². The summed E-state index contributed by atoms with van der Waals surface area (Å²) in [6.45, 7) is 6.62. The summed E-state index contributed by atoms with van der Waals surface area (Å²) >= 11 is 0. The molecule has 0 bridgehead atoms. The molecule has 0 saturated carbocycles. The molecule has 0 aromatic heterocycles. The minimum Gasteiger partial charge on any atom is -0.464 e. The van der Waals surface area contributed by atoms with Crippen molar-refractivity contribution >= 4 is 5.97 Å². The maximum Gasteiger partial charge on any atom is 0.305 e. The summed E-state index contributed by atoms with van der Waals surface area (Å²) < 4.78 is 10.2. The van der Waals surface area contributed by atoms with Gasteiger partial charge in [0.2, 0.25) is 0 Å². The molecule has 0 amide bonds. The molecule has 0 aromatic rings. The number of carbonyl (C=O) groups excluding carboxylic acids is 1. The summed E-state index contributed by atoms with van der Waals surface area (Å²) in [4.78, 5) is 13.0. The molecule has 1 aliphatic heterocycles. The summed E-state index contributed by atoms with van der Waals surface area (Å²) in [5.74, 6) is -0.117. The Morgan fingerprint density at radius 3 is 2.77 bits per heavy atom. The molecule has 13 heavy (non-hydrogen) atoms. The maximum atomic E-state index is 10.8. The van der Waals surface area contributed by atoms with Crippen LogP contribution in [0.2, 0.25) is 0 Å². The highest BCUT2D eigenvalue weighted by Crippen LogP contribution is 1.96. The highest BCUT2D eigenvalue weighted by molar-refractivity contribution is 5.68. The van der Waals surface area contributed by atoms with Gasteiger partial charge in [-0.1, -0.05) is 6.92 Å². The Balaban J connectivity index is 2.01. The lowest BCUT2D eigenvalue weighted by atomic mass is 10.4. The third-order valence-corrected chi connectivity index (χ3v) is 2.06. The van der Waals surface area contributed by atoms with Crippen molar-refractivity contribution in [3.05, 3.63) is 0 Å². The lowest BCUT2D eigenvalue weighted by Gasteiger charge is -2.26. The molecule has 0 aliphatic carbocycles. The smallest absolute Gasteiger partial charge is 0.305 e. The average molecular weight is 187 g/mol. The summed E-state index contributed by atoms with van der Waals surface area (Å²) in [6.07, 6.45) is 0.461. The quantitative estimate of drug-likeness (QED) is 0.592. The third-order valence-electron chi connectivity index (χ3n) is 2.06. The first-order valence-electron chi connectivity index (χ1n) is 4.78. The van der Waals surface area contributed by atoms with E-state index in [2.05, 4.69) is 4.90 Å². The van der Waals surface area contributed by atoms with Crippen LogP contribution in [0.15, 0.2) is 0 Å². The van der Waals surface area contributed by atoms with Gasteiger partial charge in [0, 0.05) is 26.1 Å². The number of esters is 1. The lowest BCUT2D eigenvalue weighted by molar-refractivity contribution is -0.143. The minimum absolute atomic E-state index is 0.117. The van der Waals surface area contributed by atoms with Crippen LogP contribution in [0.25, 0.3) is 0 Å². The molecular weight excluding hydrogens is 170 g/mol. The fraction of sp³-hybridized carbons (Fsp3) is 0.889. The number of carbonyl (C=O) groups is 1. The second-order valence-corrected chi connectivity index (χ2v) is 3.03. The summed E-state index contributed by atoms with van der Waals surface area (Å²) in [7, 11) is 0. The van der Waals surface area contributed by atoms with Crippen molar-refractivity contribution in [2.75, 3.05) is 39.5 Å². The molecule has 76 valence electrons. The Bertz CT molecular complexity index is 155. The normalized spacial score (nSPS) is 18.5. The maximum absolute atomic E-state index is 10.8. The average Bonchev–Trinajstić information content (AvgIpc) is 2.19. The van der Waals surface area contributed by atoms with Crippen LogP contribution in [0.1, 0.15) is 13.3 Å². The number of nitrogens with zero attached hydrogens (tertiary/aromatic N) is 1. The van der Waals surface area contributed by atoms with Crippen molar-refractivity contribution in [2.24, 2.45) is 0 Å². The van der Waals surface area contributed by atoms with Crippen molar-refractivity contribution < 1.29 is 14.3 Å². The SMILES string of the molecule is CCC(=O)OCCN1CCOCC1. The Morgan fingerprint density at radius 1 is 1.46 bits per heavy atom. The number of hydrogen-bond donors (Lipinski definition) is 0. The van der Waals surface area contributed by atoms with Crippen LogP contribution >= 0.6 is 0 Å². The fourth-order valence-corrected chi connectivity index (χ4v) is 1.22. The molecule has 0 radical (unpaired) electrons. The zero-order valence-corrected chi connectivity index (χ0v) is 8.12. The first kappa shape index (κ1) is 10.5. The van der Waals surface area contributed by atoms with Gasteiger partial charge >= 0.3 is 5.97 Å². The lowest BCUT2D eigenvalue weighted by Crippen LogP contribution is -2.38. The Hall–Kier alpha value is -0.610. The topological polar surface area (TPSA) is 38.8 Å². The predicted molar refractivity (Wildman–Crippen MR) is 48.5 cm³/mol. The van der Waals surface area contributed by atoms with Gasteiger partial charge in [0.15, 0.2) is 0 Å². The zero-order valence-electron chi connectivity index (χ0n) is 8.12. The van der Waals surface area contributed by atoms with Crippen LogP contribution in [0.3, 0.4) is 0 Å². The van der Waals surface area contributed by atoms with E-state index >= 15 is 0 Å². The molecule has 0 N–H and O–H groups in total. The molecule has 0 unspecified atom stereocenters. The van der Waals surface area contributed by atoms with Gasteiger partial charge < -0.3 is 9.47 Å². The molecule has 1 fully saturated rings. The van der Waals surface area contributed by atoms with Crippen LogP contribution < -0.4 is 0 Å². The van der Waals surface area contributed by atoms with Crippen molar-refractivity contribution in [2.45, 2.75) is 13.3 Å². The molecule has 4 heteroatoms. The number of morpholine rings is 1. The van der Waals surface area contributed by atoms with Gasteiger partial charge in [-0.05, 0) is 0 Å². The highest BCUT2D eigenvalue weighted by Gasteiger charge is 2.09. The third kappa shape index (κ3) is 4.24. The van der Waals surface area contributed by atoms with E-state index in [1.54, 1.807) is 6.92 Å². The van der Waals surface area contributed by atoms with Crippen LogP contribution in [0.4, 0.5) is 0 Å². The standard InChI is InChI=1S/C9H17NO3/c1-2-9(11)13-8-5-10-3-6-12-7-4-10/h2-8H2,1H3. The molecule has 1 aliphatic rings. The van der Waals surface area contributed by atoms with Crippen LogP contribution in [-0.4, -0.2) is 50.3 Å². The minimum atomic E-state index is -0.117. The molecule has 0 aromatic carbocycles. The fourth-order valence-electron chi connectivity index (χ4n) is 1.22. The van der Waals surface area contributed by atoms with Gasteiger partial charge in [-0.2, -0.15) is 0 Å². The Kier molecular flexibility index (Phi) is 4.78. The van der Waals surface area contributed by atoms with E-state index in [0.29, 0.717) is 13.0 Å². The molecule has 1 rings (SSSR count). The van der Waals surface area contributed by atoms with Gasteiger partial charge in [-0.15, -0.1) is 0 Å². The number of rotatable bonds is 4. The second-order valence-electron chi connectivity index (χ2n) is 3.03. The molecule has 1 saturated heterocycles. The molecule has 4 nitrogen and oxygen atoms in total. The highest BCUT2D eigenvalue weighted by atomic mass is 16.5. The van der Waals surface area contributed by atoms with Crippen LogP contribution in [0.5, 0.6) is 0 Å². The van der Waals surface area contributed by atoms with E-state index in [9.17, 15) is 4.79 Å². The van der Waals surface area contributed by atoms with E-state index in [4.69, 9.17) is 9.47 Å². The van der Waals surface area contributed by atoms with Crippen molar-refractivity contribution in [1.82, 2.24) is 4.90 Å². The van der Waals surface area contributed by atoms with Gasteiger partial charge in [0.1, 0.15) is 6.61 Å². The van der Waals surface area contributed by atoms with Gasteiger partial charge in [-0.3, -0.25) is 9.69 Å². The van der Waals surface area contributed by atoms with Crippen LogP contribution in [-0.2, 0) is 14.3 Å². The monoisotopic (exact) mass is 187 g/mol. The molecular formula is C9H17NO3. The predicted octanol–water partition coefficient (Wildman–Crippen LogP) is 0.272. The van der Waals surface area contributed by atoms with Crippen molar-refractivity contribution in [1.29, 1.82) is 0 Å². The second kappa shape index (κ2) is 5.94. The Labute approximate surface area is 78.8 Å². The van der Waals surface area contributed by atoms with E-state index < -0.39 is 0 Å². The van der Waals surface area contributed by atoms with Crippen LogP contribution in [0, 0.1) is 0 Å². The first-order chi connectivity index (χ1) is 6.33. The summed E-state index contributed by atoms with van der Waals surface area (Å²) in [5.41, 5.74) is 0. The molecule has 0 atom stereocenters. The number of ether oxygens (including phenoxy) is 2. The van der Waals surface area contributed by atoms with Crippen molar-refractivity contribution in [3.63, 3.8) is 0 Å². The van der Waals surface area contributed by atoms with E-state index in [-0.39, 0.29) is 5.97 Å². The summed E-state index contributed by atoms with van der Waals surface area (Å²) in [5, 5.41) is 0.